The van der Waals surface area contributed by atoms with Crippen molar-refractivity contribution in [2.75, 3.05) is 0 Å². The van der Waals surface area contributed by atoms with Gasteiger partial charge in [0.25, 0.3) is 0 Å². The van der Waals surface area contributed by atoms with E-state index in [1.54, 1.807) is 24.3 Å². The van der Waals surface area contributed by atoms with Gasteiger partial charge in [-0.25, -0.2) is 0 Å². The molecule has 3 aromatic carbocycles. The van der Waals surface area contributed by atoms with Crippen LogP contribution in [0.3, 0.4) is 0 Å². The quantitative estimate of drug-likeness (QED) is 0.134. The molecule has 5 aromatic rings. The maximum atomic E-state index is 12.6. The van der Waals surface area contributed by atoms with Crippen LogP contribution in [-0.2, 0) is 0 Å². The lowest BCUT2D eigenvalue weighted by Gasteiger charge is -2.14. The number of ether oxygens (including phenoxy) is 2. The molecule has 0 aliphatic carbocycles. The number of thiophene rings is 2. The molecule has 5 rings (SSSR count). The second-order valence-corrected chi connectivity index (χ2v) is 13.4. The highest BCUT2D eigenvalue weighted by molar-refractivity contribution is 14.1. The van der Waals surface area contributed by atoms with Gasteiger partial charge in [0.2, 0.25) is 0 Å². The number of hydrogen-bond donors (Lipinski definition) is 0. The van der Waals surface area contributed by atoms with E-state index < -0.39 is 12.7 Å². The van der Waals surface area contributed by atoms with Gasteiger partial charge in [-0.2, -0.15) is 0 Å². The summed E-state index contributed by atoms with van der Waals surface area (Å²) in [5, 5.41) is 1.82. The van der Waals surface area contributed by atoms with Crippen LogP contribution in [0.1, 0.15) is 0 Å². The fourth-order valence-electron chi connectivity index (χ4n) is 3.93. The summed E-state index contributed by atoms with van der Waals surface area (Å²) in [7, 11) is 0. The Labute approximate surface area is 235 Å². The van der Waals surface area contributed by atoms with Crippen LogP contribution in [0.5, 0.6) is 11.5 Å². The van der Waals surface area contributed by atoms with Crippen molar-refractivity contribution in [1.29, 1.82) is 0 Å². The molecule has 0 fully saturated rings. The Kier molecular flexibility index (Phi) is 6.83. The largest absolute Gasteiger partial charge is 0.573 e. The van der Waals surface area contributed by atoms with Crippen LogP contribution in [0.2, 0.25) is 0 Å². The predicted molar refractivity (Wildman–Crippen MR) is 147 cm³/mol. The van der Waals surface area contributed by atoms with Crippen molar-refractivity contribution in [3.05, 3.63) is 66.4 Å². The Bertz CT molecular complexity index is 1400. The molecule has 0 bridgehead atoms. The molecule has 0 radical (unpaired) electrons. The Morgan fingerprint density at radius 1 is 0.556 bits per heavy atom. The van der Waals surface area contributed by atoms with Gasteiger partial charge in [0.1, 0.15) is 11.5 Å². The van der Waals surface area contributed by atoms with Crippen LogP contribution in [0.15, 0.2) is 60.7 Å². The van der Waals surface area contributed by atoms with Crippen molar-refractivity contribution in [3.63, 3.8) is 0 Å². The molecular weight excluding hydrogens is 752 g/mol. The van der Waals surface area contributed by atoms with Gasteiger partial charge < -0.3 is 9.47 Å². The molecule has 0 spiro atoms. The van der Waals surface area contributed by atoms with Crippen molar-refractivity contribution in [2.45, 2.75) is 12.7 Å². The zero-order valence-corrected chi connectivity index (χ0v) is 23.4. The van der Waals surface area contributed by atoms with E-state index in [1.165, 1.54) is 46.9 Å². The lowest BCUT2D eigenvalue weighted by molar-refractivity contribution is -0.275. The molecule has 2 heterocycles. The van der Waals surface area contributed by atoms with Gasteiger partial charge in [0.05, 0.1) is 5.77 Å². The molecule has 12 heteroatoms. The minimum atomic E-state index is -4.78. The van der Waals surface area contributed by atoms with Gasteiger partial charge in [-0.3, -0.25) is 0 Å². The summed E-state index contributed by atoms with van der Waals surface area (Å²) in [6.07, 6.45) is -9.56. The second kappa shape index (κ2) is 9.51. The molecule has 2 nitrogen and oxygen atoms in total. The van der Waals surface area contributed by atoms with E-state index in [0.717, 1.165) is 48.2 Å². The van der Waals surface area contributed by atoms with E-state index in [2.05, 4.69) is 54.7 Å². The van der Waals surface area contributed by atoms with Crippen LogP contribution < -0.4 is 9.47 Å². The minimum Gasteiger partial charge on any atom is -0.406 e. The van der Waals surface area contributed by atoms with E-state index in [1.807, 2.05) is 12.1 Å². The first kappa shape index (κ1) is 25.9. The van der Waals surface area contributed by atoms with Crippen LogP contribution >= 0.6 is 67.9 Å². The first-order valence-electron chi connectivity index (χ1n) is 9.94. The zero-order chi connectivity index (χ0) is 25.8. The molecule has 36 heavy (non-hydrogen) atoms. The standard InChI is InChI=1S/C24H10F6I2O2S2/c25-23(26,27)33-13-5-1-11(2-6-13)19-15-9-17(31)36-22(15)20(16-10-18(32)35-21(16)19)12-3-7-14(8-4-12)34-24(28,29)30/h1-10H. The third-order valence-corrected chi connectivity index (χ3v) is 8.98. The lowest BCUT2D eigenvalue weighted by Crippen LogP contribution is -2.16. The molecule has 0 saturated heterocycles. The highest BCUT2D eigenvalue weighted by Crippen LogP contribution is 2.50. The summed E-state index contributed by atoms with van der Waals surface area (Å²) in [6.45, 7) is 0. The topological polar surface area (TPSA) is 18.5 Å². The predicted octanol–water partition coefficient (Wildman–Crippen LogP) is 10.5. The number of fused-ring (bicyclic) bond motifs is 2. The SMILES string of the molecule is FC(F)(F)Oc1ccc(-c2c3cc(I)sc3c(-c3ccc(OC(F)(F)F)cc3)c3cc(I)sc23)cc1. The third-order valence-electron chi connectivity index (χ3n) is 5.15. The fourth-order valence-corrected chi connectivity index (χ4v) is 7.82. The first-order valence-corrected chi connectivity index (χ1v) is 13.7. The fraction of sp³-hybridized carbons (Fsp3) is 0.0833. The molecule has 0 aliphatic rings. The van der Waals surface area contributed by atoms with E-state index in [-0.39, 0.29) is 11.5 Å². The summed E-state index contributed by atoms with van der Waals surface area (Å²) < 4.78 is 87.6. The van der Waals surface area contributed by atoms with Gasteiger partial charge in [0, 0.05) is 31.3 Å². The van der Waals surface area contributed by atoms with Crippen molar-refractivity contribution >= 4 is 88.0 Å². The summed E-state index contributed by atoms with van der Waals surface area (Å²) >= 11 is 7.49. The van der Waals surface area contributed by atoms with Gasteiger partial charge in [-0.1, -0.05) is 24.3 Å². The molecule has 186 valence electrons. The zero-order valence-electron chi connectivity index (χ0n) is 17.4. The Hall–Kier alpha value is -1.78. The number of benzene rings is 3. The summed E-state index contributed by atoms with van der Waals surface area (Å²) in [4.78, 5) is 0. The molecule has 0 saturated carbocycles. The average molecular weight is 762 g/mol. The number of hydrogen-bond acceptors (Lipinski definition) is 4. The normalized spacial score (nSPS) is 12.4. The van der Waals surface area contributed by atoms with Crippen molar-refractivity contribution in [2.24, 2.45) is 0 Å². The maximum absolute atomic E-state index is 12.6. The minimum absolute atomic E-state index is 0.308. The van der Waals surface area contributed by atoms with Crippen molar-refractivity contribution < 1.29 is 35.8 Å². The van der Waals surface area contributed by atoms with E-state index in [9.17, 15) is 26.3 Å². The van der Waals surface area contributed by atoms with Gasteiger partial charge in [-0.05, 0) is 92.7 Å². The summed E-state index contributed by atoms with van der Waals surface area (Å²) in [5.74, 6) is -0.616. The number of alkyl halides is 6. The number of rotatable bonds is 4. The van der Waals surface area contributed by atoms with Crippen molar-refractivity contribution in [3.8, 4) is 33.8 Å². The number of halogens is 8. The highest BCUT2D eigenvalue weighted by Gasteiger charge is 2.32. The molecule has 0 aliphatic heterocycles. The van der Waals surface area contributed by atoms with Gasteiger partial charge >= 0.3 is 12.7 Å². The monoisotopic (exact) mass is 762 g/mol. The molecule has 2 aromatic heterocycles. The maximum Gasteiger partial charge on any atom is 0.573 e. The van der Waals surface area contributed by atoms with Crippen LogP contribution in [0.25, 0.3) is 42.4 Å². The molecule has 0 unspecified atom stereocenters. The summed E-state index contributed by atoms with van der Waals surface area (Å²) in [5.41, 5.74) is 3.22. The second-order valence-electron chi connectivity index (χ2n) is 7.48. The van der Waals surface area contributed by atoms with Crippen LogP contribution in [-0.4, -0.2) is 12.7 Å². The lowest BCUT2D eigenvalue weighted by atomic mass is 9.94. The molecule has 0 N–H and O–H groups in total. The van der Waals surface area contributed by atoms with E-state index >= 15 is 0 Å². The van der Waals surface area contributed by atoms with Gasteiger partial charge in [-0.15, -0.1) is 49.0 Å². The van der Waals surface area contributed by atoms with Gasteiger partial charge in [0.15, 0.2) is 0 Å². The smallest absolute Gasteiger partial charge is 0.406 e. The first-order chi connectivity index (χ1) is 16.9. The molecule has 0 amide bonds. The van der Waals surface area contributed by atoms with E-state index in [0.29, 0.717) is 0 Å². The highest BCUT2D eigenvalue weighted by atomic mass is 127. The van der Waals surface area contributed by atoms with Crippen LogP contribution in [0.4, 0.5) is 26.3 Å². The third kappa shape index (κ3) is 5.41. The van der Waals surface area contributed by atoms with Crippen LogP contribution in [0, 0.1) is 5.77 Å². The summed E-state index contributed by atoms with van der Waals surface area (Å²) in [6, 6.07) is 15.5. The molecular formula is C24H10F6I2O2S2. The Morgan fingerprint density at radius 2 is 0.889 bits per heavy atom. The molecule has 0 atom stereocenters. The Morgan fingerprint density at radius 3 is 1.19 bits per heavy atom. The average Bonchev–Trinajstić information content (AvgIpc) is 3.32. The Balaban J connectivity index is 1.70. The van der Waals surface area contributed by atoms with E-state index in [4.69, 9.17) is 0 Å². The van der Waals surface area contributed by atoms with Crippen molar-refractivity contribution in [1.82, 2.24) is 0 Å².